The van der Waals surface area contributed by atoms with E-state index in [4.69, 9.17) is 4.74 Å². The first kappa shape index (κ1) is 11.0. The molecular weight excluding hydrogens is 234 g/mol. The van der Waals surface area contributed by atoms with Gasteiger partial charge in [0, 0.05) is 18.2 Å². The second-order valence-electron chi connectivity index (χ2n) is 4.34. The van der Waals surface area contributed by atoms with E-state index in [1.807, 2.05) is 0 Å². The second-order valence-corrected chi connectivity index (χ2v) is 4.34. The minimum atomic E-state index is -0.425. The average Bonchev–Trinajstić information content (AvgIpc) is 3.09. The Labute approximate surface area is 103 Å². The van der Waals surface area contributed by atoms with Crippen LogP contribution in [-0.4, -0.2) is 29.0 Å². The number of aromatic hydroxyl groups is 1. The third-order valence-electron chi connectivity index (χ3n) is 3.02. The molecule has 2 aliphatic rings. The zero-order chi connectivity index (χ0) is 12.7. The minimum absolute atomic E-state index is 0.0849. The lowest BCUT2D eigenvalue weighted by atomic mass is 10.0. The van der Waals surface area contributed by atoms with Gasteiger partial charge in [0.25, 0.3) is 5.91 Å². The highest BCUT2D eigenvalue weighted by atomic mass is 16.6. The number of carbonyl (C=O) groups is 2. The summed E-state index contributed by atoms with van der Waals surface area (Å²) in [5.74, 6) is -0.622. The fourth-order valence-electron chi connectivity index (χ4n) is 2.04. The number of ether oxygens (including phenoxy) is 1. The Balaban J connectivity index is 1.75. The van der Waals surface area contributed by atoms with Crippen LogP contribution < -0.4 is 5.32 Å². The van der Waals surface area contributed by atoms with Crippen LogP contribution in [0.3, 0.4) is 0 Å². The number of epoxide rings is 1. The van der Waals surface area contributed by atoms with Crippen LogP contribution in [0, 0.1) is 0 Å². The van der Waals surface area contributed by atoms with Crippen molar-refractivity contribution in [2.75, 3.05) is 0 Å². The van der Waals surface area contributed by atoms with Crippen molar-refractivity contribution >= 4 is 11.7 Å². The standard InChI is InChI=1S/C13H11NO4/c15-9-4-2-1-3-8(9)13(17)14-7-5-10(16)12-11(6-7)18-12/h1-5,11-12,15H,6H2,(H,14,17)/t11-,12+/m1/s1. The molecule has 1 aromatic carbocycles. The Bertz CT molecular complexity index is 564. The number of para-hydroxylation sites is 1. The molecule has 0 spiro atoms. The lowest BCUT2D eigenvalue weighted by molar-refractivity contribution is -0.115. The van der Waals surface area contributed by atoms with Crippen LogP contribution in [0.2, 0.25) is 0 Å². The smallest absolute Gasteiger partial charge is 0.259 e. The van der Waals surface area contributed by atoms with Gasteiger partial charge in [-0.1, -0.05) is 12.1 Å². The molecule has 92 valence electrons. The molecule has 0 saturated carbocycles. The first-order valence-electron chi connectivity index (χ1n) is 5.64. The van der Waals surface area contributed by atoms with Gasteiger partial charge in [0.05, 0.1) is 11.7 Å². The molecule has 5 heteroatoms. The van der Waals surface area contributed by atoms with Crippen molar-refractivity contribution < 1.29 is 19.4 Å². The van der Waals surface area contributed by atoms with Gasteiger partial charge in [-0.05, 0) is 12.1 Å². The van der Waals surface area contributed by atoms with Gasteiger partial charge >= 0.3 is 0 Å². The molecule has 18 heavy (non-hydrogen) atoms. The highest BCUT2D eigenvalue weighted by Gasteiger charge is 2.47. The fourth-order valence-corrected chi connectivity index (χ4v) is 2.04. The number of benzene rings is 1. The molecule has 1 aliphatic heterocycles. The molecule has 1 saturated heterocycles. The molecule has 5 nitrogen and oxygen atoms in total. The van der Waals surface area contributed by atoms with Gasteiger partial charge in [-0.15, -0.1) is 0 Å². The van der Waals surface area contributed by atoms with Gasteiger partial charge in [-0.2, -0.15) is 0 Å². The monoisotopic (exact) mass is 245 g/mol. The maximum Gasteiger partial charge on any atom is 0.259 e. The van der Waals surface area contributed by atoms with Crippen molar-refractivity contribution in [1.29, 1.82) is 0 Å². The zero-order valence-electron chi connectivity index (χ0n) is 9.42. The number of amides is 1. The number of carbonyl (C=O) groups excluding carboxylic acids is 2. The van der Waals surface area contributed by atoms with E-state index in [1.54, 1.807) is 12.1 Å². The van der Waals surface area contributed by atoms with E-state index < -0.39 is 5.91 Å². The maximum atomic E-state index is 11.9. The van der Waals surface area contributed by atoms with E-state index in [1.165, 1.54) is 18.2 Å². The first-order valence-corrected chi connectivity index (χ1v) is 5.64. The van der Waals surface area contributed by atoms with Gasteiger partial charge in [-0.3, -0.25) is 9.59 Å². The van der Waals surface area contributed by atoms with Crippen LogP contribution >= 0.6 is 0 Å². The number of hydrogen-bond donors (Lipinski definition) is 2. The number of ketones is 1. The molecule has 0 unspecified atom stereocenters. The van der Waals surface area contributed by atoms with Crippen LogP contribution in [0.1, 0.15) is 16.8 Å². The SMILES string of the molecule is O=C(NC1=CC(=O)[C@@H]2O[C@@H]2C1)c1ccccc1O. The van der Waals surface area contributed by atoms with Gasteiger partial charge < -0.3 is 15.2 Å². The third kappa shape index (κ3) is 1.89. The number of fused-ring (bicyclic) bond motifs is 1. The number of phenols is 1. The van der Waals surface area contributed by atoms with E-state index in [2.05, 4.69) is 5.32 Å². The fraction of sp³-hybridized carbons (Fsp3) is 0.231. The Kier molecular flexibility index (Phi) is 2.41. The summed E-state index contributed by atoms with van der Waals surface area (Å²) in [6.07, 6.45) is 1.51. The third-order valence-corrected chi connectivity index (χ3v) is 3.02. The summed E-state index contributed by atoms with van der Waals surface area (Å²) in [5, 5.41) is 12.2. The quantitative estimate of drug-likeness (QED) is 0.753. The maximum absolute atomic E-state index is 11.9. The zero-order valence-corrected chi connectivity index (χ0v) is 9.42. The van der Waals surface area contributed by atoms with Crippen molar-refractivity contribution in [3.05, 3.63) is 41.6 Å². The second kappa shape index (κ2) is 3.96. The molecule has 1 aromatic rings. The lowest BCUT2D eigenvalue weighted by Crippen LogP contribution is -2.27. The molecule has 2 N–H and O–H groups in total. The van der Waals surface area contributed by atoms with Crippen LogP contribution in [0.25, 0.3) is 0 Å². The Morgan fingerprint density at radius 3 is 2.89 bits per heavy atom. The van der Waals surface area contributed by atoms with Crippen molar-refractivity contribution in [3.8, 4) is 5.75 Å². The number of nitrogens with one attached hydrogen (secondary N) is 1. The summed E-state index contributed by atoms with van der Waals surface area (Å²) in [4.78, 5) is 23.3. The molecular formula is C13H11NO4. The van der Waals surface area contributed by atoms with Gasteiger partial charge in [-0.25, -0.2) is 0 Å². The molecule has 1 fully saturated rings. The number of phenolic OH excluding ortho intramolecular Hbond substituents is 1. The van der Waals surface area contributed by atoms with Gasteiger partial charge in [0.2, 0.25) is 0 Å². The molecule has 1 amide bonds. The predicted molar refractivity (Wildman–Crippen MR) is 61.9 cm³/mol. The Hall–Kier alpha value is -2.14. The van der Waals surface area contributed by atoms with Crippen molar-refractivity contribution in [2.24, 2.45) is 0 Å². The highest BCUT2D eigenvalue weighted by molar-refractivity contribution is 6.01. The number of rotatable bonds is 2. The van der Waals surface area contributed by atoms with E-state index in [0.717, 1.165) is 0 Å². The topological polar surface area (TPSA) is 78.9 Å². The van der Waals surface area contributed by atoms with Crippen LogP contribution in [0.15, 0.2) is 36.0 Å². The lowest BCUT2D eigenvalue weighted by Gasteiger charge is -2.11. The Morgan fingerprint density at radius 1 is 1.39 bits per heavy atom. The normalized spacial score (nSPS) is 25.1. The molecule has 3 rings (SSSR count). The predicted octanol–water partition coefficient (Wildman–Crippen LogP) is 0.746. The van der Waals surface area contributed by atoms with Crippen LogP contribution in [0.4, 0.5) is 0 Å². The van der Waals surface area contributed by atoms with Crippen molar-refractivity contribution in [2.45, 2.75) is 18.6 Å². The van der Waals surface area contributed by atoms with Crippen LogP contribution in [0.5, 0.6) is 5.75 Å². The van der Waals surface area contributed by atoms with Crippen molar-refractivity contribution in [1.82, 2.24) is 5.32 Å². The minimum Gasteiger partial charge on any atom is -0.507 e. The first-order chi connectivity index (χ1) is 8.65. The number of hydrogen-bond acceptors (Lipinski definition) is 4. The summed E-state index contributed by atoms with van der Waals surface area (Å²) < 4.78 is 5.13. The molecule has 0 aromatic heterocycles. The van der Waals surface area contributed by atoms with Gasteiger partial charge in [0.1, 0.15) is 11.9 Å². The molecule has 0 bridgehead atoms. The largest absolute Gasteiger partial charge is 0.507 e. The van der Waals surface area contributed by atoms with E-state index in [0.29, 0.717) is 12.1 Å². The highest BCUT2D eigenvalue weighted by Crippen LogP contribution is 2.33. The summed E-state index contributed by atoms with van der Waals surface area (Å²) in [6.45, 7) is 0. The van der Waals surface area contributed by atoms with E-state index in [-0.39, 0.29) is 29.3 Å². The molecule has 1 heterocycles. The summed E-state index contributed by atoms with van der Waals surface area (Å²) in [6, 6.07) is 6.26. The van der Waals surface area contributed by atoms with Gasteiger partial charge in [0.15, 0.2) is 5.78 Å². The molecule has 0 radical (unpaired) electrons. The summed E-state index contributed by atoms with van der Waals surface area (Å²) in [5.41, 5.74) is 0.719. The van der Waals surface area contributed by atoms with E-state index in [9.17, 15) is 14.7 Å². The van der Waals surface area contributed by atoms with Crippen molar-refractivity contribution in [3.63, 3.8) is 0 Å². The molecule has 2 atom stereocenters. The summed E-state index contributed by atoms with van der Waals surface area (Å²) in [7, 11) is 0. The summed E-state index contributed by atoms with van der Waals surface area (Å²) >= 11 is 0. The van der Waals surface area contributed by atoms with Crippen LogP contribution in [-0.2, 0) is 9.53 Å². The average molecular weight is 245 g/mol. The molecule has 1 aliphatic carbocycles. The Morgan fingerprint density at radius 2 is 2.17 bits per heavy atom. The van der Waals surface area contributed by atoms with E-state index >= 15 is 0 Å².